The van der Waals surface area contributed by atoms with Gasteiger partial charge in [0.25, 0.3) is 11.2 Å². The minimum atomic E-state index is -0.488. The summed E-state index contributed by atoms with van der Waals surface area (Å²) in [6.45, 7) is 1.92. The van der Waals surface area contributed by atoms with Crippen LogP contribution in [-0.2, 0) is 6.42 Å². The highest BCUT2D eigenvalue weighted by atomic mass is 16.6. The molecule has 2 aromatic rings. The number of nitrogens with zero attached hydrogens (tertiary/aromatic N) is 2. The van der Waals surface area contributed by atoms with E-state index >= 15 is 0 Å². The fourth-order valence-electron chi connectivity index (χ4n) is 1.56. The van der Waals surface area contributed by atoms with E-state index < -0.39 is 4.92 Å². The van der Waals surface area contributed by atoms with Gasteiger partial charge in [0.2, 0.25) is 0 Å². The Hall–Kier alpha value is -2.37. The lowest BCUT2D eigenvalue weighted by Crippen LogP contribution is -2.13. The first kappa shape index (κ1) is 11.1. The summed E-state index contributed by atoms with van der Waals surface area (Å²) in [7, 11) is 0. The van der Waals surface area contributed by atoms with E-state index in [1.807, 2.05) is 6.92 Å². The molecule has 6 nitrogen and oxygen atoms in total. The molecule has 0 aliphatic carbocycles. The van der Waals surface area contributed by atoms with Gasteiger partial charge in [-0.1, -0.05) is 13.0 Å². The molecule has 0 spiro atoms. The molecule has 17 heavy (non-hydrogen) atoms. The molecule has 0 radical (unpaired) electrons. The van der Waals surface area contributed by atoms with Crippen LogP contribution in [0.4, 0.5) is 5.69 Å². The Labute approximate surface area is 96.6 Å². The van der Waals surface area contributed by atoms with Crippen molar-refractivity contribution in [2.45, 2.75) is 13.3 Å². The Bertz CT molecular complexity index is 612. The number of nitro benzene ring substituents is 1. The highest BCUT2D eigenvalue weighted by Crippen LogP contribution is 2.15. The van der Waals surface area contributed by atoms with Gasteiger partial charge in [-0.25, -0.2) is 4.68 Å². The average molecular weight is 233 g/mol. The van der Waals surface area contributed by atoms with Gasteiger partial charge in [0.05, 0.1) is 10.6 Å². The molecule has 1 heterocycles. The average Bonchev–Trinajstić information content (AvgIpc) is 2.71. The zero-order valence-electron chi connectivity index (χ0n) is 9.21. The molecule has 0 bridgehead atoms. The van der Waals surface area contributed by atoms with E-state index in [2.05, 4.69) is 5.10 Å². The Morgan fingerprint density at radius 2 is 2.18 bits per heavy atom. The van der Waals surface area contributed by atoms with Gasteiger partial charge < -0.3 is 0 Å². The van der Waals surface area contributed by atoms with Crippen LogP contribution in [0.2, 0.25) is 0 Å². The fraction of sp³-hybridized carbons (Fsp3) is 0.182. The summed E-state index contributed by atoms with van der Waals surface area (Å²) >= 11 is 0. The molecule has 1 aromatic carbocycles. The minimum absolute atomic E-state index is 0.0398. The molecule has 0 amide bonds. The van der Waals surface area contributed by atoms with Crippen molar-refractivity contribution in [3.8, 4) is 5.69 Å². The maximum Gasteiger partial charge on any atom is 0.271 e. The van der Waals surface area contributed by atoms with Crippen molar-refractivity contribution >= 4 is 5.69 Å². The van der Waals surface area contributed by atoms with Crippen molar-refractivity contribution in [2.24, 2.45) is 0 Å². The topological polar surface area (TPSA) is 80.9 Å². The van der Waals surface area contributed by atoms with E-state index in [0.29, 0.717) is 12.1 Å². The zero-order chi connectivity index (χ0) is 12.4. The van der Waals surface area contributed by atoms with Crippen LogP contribution in [0, 0.1) is 10.1 Å². The Kier molecular flexibility index (Phi) is 2.78. The van der Waals surface area contributed by atoms with E-state index in [4.69, 9.17) is 0 Å². The summed E-state index contributed by atoms with van der Waals surface area (Å²) in [5.74, 6) is 0. The number of rotatable bonds is 3. The molecule has 0 aliphatic rings. The first-order valence-corrected chi connectivity index (χ1v) is 5.17. The molecule has 0 saturated heterocycles. The van der Waals surface area contributed by atoms with Gasteiger partial charge >= 0.3 is 0 Å². The largest absolute Gasteiger partial charge is 0.295 e. The quantitative estimate of drug-likeness (QED) is 0.646. The summed E-state index contributed by atoms with van der Waals surface area (Å²) < 4.78 is 1.30. The SMILES string of the molecule is CCc1cc(=O)n(-c2cccc([N+](=O)[O-])c2)[nH]1. The summed E-state index contributed by atoms with van der Waals surface area (Å²) in [5, 5.41) is 13.5. The predicted octanol–water partition coefficient (Wildman–Crippen LogP) is 1.64. The Morgan fingerprint density at radius 1 is 1.41 bits per heavy atom. The molecule has 6 heteroatoms. The van der Waals surface area contributed by atoms with Gasteiger partial charge in [0, 0.05) is 23.9 Å². The molecule has 1 aromatic heterocycles. The third kappa shape index (κ3) is 2.10. The van der Waals surface area contributed by atoms with E-state index in [0.717, 1.165) is 5.69 Å². The summed E-state index contributed by atoms with van der Waals surface area (Å²) in [6.07, 6.45) is 0.706. The lowest BCUT2D eigenvalue weighted by Gasteiger charge is -2.01. The highest BCUT2D eigenvalue weighted by molar-refractivity contribution is 5.42. The Balaban J connectivity index is 2.52. The lowest BCUT2D eigenvalue weighted by molar-refractivity contribution is -0.384. The standard InChI is InChI=1S/C11H11N3O3/c1-2-8-6-11(15)13(12-8)9-4-3-5-10(7-9)14(16)17/h3-7,12H,2H2,1H3. The molecule has 88 valence electrons. The number of aryl methyl sites for hydroxylation is 1. The number of non-ortho nitro benzene ring substituents is 1. The van der Waals surface area contributed by atoms with Crippen LogP contribution in [0.25, 0.3) is 5.69 Å². The zero-order valence-corrected chi connectivity index (χ0v) is 9.21. The molecule has 0 atom stereocenters. The van der Waals surface area contributed by atoms with Crippen molar-refractivity contribution in [1.82, 2.24) is 9.78 Å². The molecule has 2 rings (SSSR count). The number of nitro groups is 1. The second kappa shape index (κ2) is 4.25. The highest BCUT2D eigenvalue weighted by Gasteiger charge is 2.09. The van der Waals surface area contributed by atoms with Gasteiger partial charge in [-0.15, -0.1) is 0 Å². The third-order valence-corrected chi connectivity index (χ3v) is 2.45. The predicted molar refractivity (Wildman–Crippen MR) is 62.4 cm³/mol. The first-order chi connectivity index (χ1) is 8.11. The molecule has 1 N–H and O–H groups in total. The number of hydrogen-bond donors (Lipinski definition) is 1. The molecular formula is C11H11N3O3. The van der Waals surface area contributed by atoms with Crippen LogP contribution in [0.3, 0.4) is 0 Å². The molecular weight excluding hydrogens is 222 g/mol. The number of nitrogens with one attached hydrogen (secondary N) is 1. The normalized spacial score (nSPS) is 10.4. The van der Waals surface area contributed by atoms with Crippen LogP contribution in [0.1, 0.15) is 12.6 Å². The fourth-order valence-corrected chi connectivity index (χ4v) is 1.56. The summed E-state index contributed by atoms with van der Waals surface area (Å²) in [4.78, 5) is 21.8. The third-order valence-electron chi connectivity index (χ3n) is 2.45. The van der Waals surface area contributed by atoms with Crippen molar-refractivity contribution in [3.05, 3.63) is 56.5 Å². The maximum atomic E-state index is 11.6. The number of benzene rings is 1. The summed E-state index contributed by atoms with van der Waals surface area (Å²) in [5.41, 5.74) is 0.995. The second-order valence-corrected chi connectivity index (χ2v) is 3.59. The van der Waals surface area contributed by atoms with Gasteiger partial charge in [0.15, 0.2) is 0 Å². The van der Waals surface area contributed by atoms with E-state index in [-0.39, 0.29) is 11.2 Å². The van der Waals surface area contributed by atoms with E-state index in [1.165, 1.54) is 22.9 Å². The van der Waals surface area contributed by atoms with Gasteiger partial charge in [0.1, 0.15) is 0 Å². The van der Waals surface area contributed by atoms with Gasteiger partial charge in [-0.05, 0) is 12.5 Å². The molecule has 0 saturated carbocycles. The lowest BCUT2D eigenvalue weighted by atomic mass is 10.3. The van der Waals surface area contributed by atoms with Gasteiger partial charge in [-0.3, -0.25) is 20.0 Å². The van der Waals surface area contributed by atoms with Crippen LogP contribution in [0.15, 0.2) is 35.1 Å². The molecule has 0 fully saturated rings. The van der Waals surface area contributed by atoms with Crippen LogP contribution >= 0.6 is 0 Å². The maximum absolute atomic E-state index is 11.6. The number of aromatic amines is 1. The van der Waals surface area contributed by atoms with Crippen molar-refractivity contribution in [1.29, 1.82) is 0 Å². The first-order valence-electron chi connectivity index (χ1n) is 5.17. The minimum Gasteiger partial charge on any atom is -0.295 e. The molecule has 0 unspecified atom stereocenters. The number of H-pyrrole nitrogens is 1. The van der Waals surface area contributed by atoms with E-state index in [1.54, 1.807) is 12.1 Å². The van der Waals surface area contributed by atoms with Crippen LogP contribution < -0.4 is 5.56 Å². The number of hydrogen-bond acceptors (Lipinski definition) is 3. The monoisotopic (exact) mass is 233 g/mol. The van der Waals surface area contributed by atoms with Crippen LogP contribution in [0.5, 0.6) is 0 Å². The van der Waals surface area contributed by atoms with Gasteiger partial charge in [-0.2, -0.15) is 0 Å². The van der Waals surface area contributed by atoms with Crippen molar-refractivity contribution < 1.29 is 4.92 Å². The van der Waals surface area contributed by atoms with Crippen molar-refractivity contribution in [3.63, 3.8) is 0 Å². The summed E-state index contributed by atoms with van der Waals surface area (Å²) in [6, 6.07) is 7.42. The van der Waals surface area contributed by atoms with E-state index in [9.17, 15) is 14.9 Å². The molecule has 0 aliphatic heterocycles. The van der Waals surface area contributed by atoms with Crippen LogP contribution in [-0.4, -0.2) is 14.7 Å². The second-order valence-electron chi connectivity index (χ2n) is 3.59. The van der Waals surface area contributed by atoms with Crippen molar-refractivity contribution in [2.75, 3.05) is 0 Å². The Morgan fingerprint density at radius 3 is 2.76 bits per heavy atom. The number of aromatic nitrogens is 2. The smallest absolute Gasteiger partial charge is 0.271 e.